The van der Waals surface area contributed by atoms with Gasteiger partial charge in [0.1, 0.15) is 17.9 Å². The van der Waals surface area contributed by atoms with E-state index in [2.05, 4.69) is 0 Å². The van der Waals surface area contributed by atoms with Crippen LogP contribution in [0.1, 0.15) is 19.3 Å². The Kier molecular flexibility index (Phi) is 3.59. The van der Waals surface area contributed by atoms with Crippen LogP contribution in [-0.2, 0) is 20.5 Å². The van der Waals surface area contributed by atoms with Crippen molar-refractivity contribution in [1.82, 2.24) is 0 Å². The van der Waals surface area contributed by atoms with Crippen molar-refractivity contribution < 1.29 is 19.8 Å². The fraction of sp³-hybridized carbons (Fsp3) is 0.750. The number of carboxylic acids is 2. The quantitative estimate of drug-likeness (QED) is 0.648. The molecule has 0 radical (unpaired) electrons. The zero-order valence-corrected chi connectivity index (χ0v) is 8.05. The van der Waals surface area contributed by atoms with Crippen molar-refractivity contribution in [3.05, 3.63) is 0 Å². The molecule has 2 N–H and O–H groups in total. The second kappa shape index (κ2) is 4.50. The Labute approximate surface area is 79.3 Å². The van der Waals surface area contributed by atoms with Gasteiger partial charge in [-0.25, -0.2) is 4.79 Å². The minimum atomic E-state index is -1.01. The van der Waals surface area contributed by atoms with E-state index in [9.17, 15) is 9.59 Å². The molecule has 13 heavy (non-hydrogen) atoms. The van der Waals surface area contributed by atoms with Crippen LogP contribution in [0.5, 0.6) is 0 Å². The van der Waals surface area contributed by atoms with Crippen LogP contribution >= 0.6 is 0 Å². The van der Waals surface area contributed by atoms with Gasteiger partial charge in [0.05, 0.1) is 0 Å². The van der Waals surface area contributed by atoms with Gasteiger partial charge in [0.2, 0.25) is 5.25 Å². The maximum absolute atomic E-state index is 10.8. The Balaban J connectivity index is 2.55. The summed E-state index contributed by atoms with van der Waals surface area (Å²) in [5.41, 5.74) is 0. The second-order valence-electron chi connectivity index (χ2n) is 3.08. The summed E-state index contributed by atoms with van der Waals surface area (Å²) < 4.78 is 0. The lowest BCUT2D eigenvalue weighted by atomic mass is 10.3. The number of hydrogen-bond donors (Lipinski definition) is 2. The maximum Gasteiger partial charge on any atom is 0.357 e. The van der Waals surface area contributed by atoms with Crippen LogP contribution in [-0.4, -0.2) is 38.9 Å². The van der Waals surface area contributed by atoms with E-state index in [4.69, 9.17) is 10.2 Å². The Hall–Kier alpha value is -0.710. The highest BCUT2D eigenvalue weighted by atomic mass is 32.2. The van der Waals surface area contributed by atoms with Crippen molar-refractivity contribution in [3.63, 3.8) is 0 Å². The molecule has 1 unspecified atom stereocenters. The molecule has 1 atom stereocenters. The minimum absolute atomic E-state index is 0.196. The van der Waals surface area contributed by atoms with Crippen LogP contribution in [0.2, 0.25) is 0 Å². The largest absolute Gasteiger partial charge is 0.481 e. The molecule has 0 aliphatic carbocycles. The molecule has 0 saturated carbocycles. The van der Waals surface area contributed by atoms with Gasteiger partial charge < -0.3 is 10.2 Å². The van der Waals surface area contributed by atoms with Gasteiger partial charge in [0, 0.05) is 10.9 Å². The highest BCUT2D eigenvalue weighted by Gasteiger charge is 2.40. The summed E-state index contributed by atoms with van der Waals surface area (Å²) in [5, 5.41) is 16.7. The van der Waals surface area contributed by atoms with E-state index >= 15 is 0 Å². The van der Waals surface area contributed by atoms with E-state index in [1.807, 2.05) is 0 Å². The molecule has 1 aliphatic rings. The molecule has 0 aromatic heterocycles. The van der Waals surface area contributed by atoms with Gasteiger partial charge in [-0.3, -0.25) is 4.79 Å². The van der Waals surface area contributed by atoms with Gasteiger partial charge in [0.15, 0.2) is 0 Å². The fourth-order valence-corrected chi connectivity index (χ4v) is 4.05. The van der Waals surface area contributed by atoms with Gasteiger partial charge in [0.25, 0.3) is 0 Å². The van der Waals surface area contributed by atoms with E-state index in [1.54, 1.807) is 0 Å². The second-order valence-corrected chi connectivity index (χ2v) is 5.54. The molecule has 0 spiro atoms. The lowest BCUT2D eigenvalue weighted by molar-refractivity contribution is -0.143. The summed E-state index contributed by atoms with van der Waals surface area (Å²) in [6, 6.07) is 0. The van der Waals surface area contributed by atoms with Crippen LogP contribution < -0.4 is 0 Å². The molecular formula is C8H13O4S+. The predicted molar refractivity (Wildman–Crippen MR) is 50.0 cm³/mol. The summed E-state index contributed by atoms with van der Waals surface area (Å²) in [6.45, 7) is 0. The SMILES string of the molecule is O=C(O)CC(C(=O)O)[S+]1CCCC1. The summed E-state index contributed by atoms with van der Waals surface area (Å²) in [5.74, 6) is -0.173. The molecule has 0 aromatic carbocycles. The van der Waals surface area contributed by atoms with Gasteiger partial charge >= 0.3 is 11.9 Å². The Morgan fingerprint density at radius 2 is 1.77 bits per heavy atom. The molecule has 74 valence electrons. The average molecular weight is 205 g/mol. The average Bonchev–Trinajstić information content (AvgIpc) is 2.50. The normalized spacial score (nSPS) is 20.0. The Morgan fingerprint density at radius 1 is 1.23 bits per heavy atom. The molecule has 0 amide bonds. The number of hydrogen-bond acceptors (Lipinski definition) is 2. The Morgan fingerprint density at radius 3 is 2.15 bits per heavy atom. The standard InChI is InChI=1S/C8H12O4S/c9-7(10)5-6(8(11)12)13-3-1-2-4-13/h6H,1-5H2,(H-,9,10,11,12)/p+1. The summed E-state index contributed by atoms with van der Waals surface area (Å²) in [6.07, 6.45) is 1.87. The van der Waals surface area contributed by atoms with Crippen LogP contribution in [0, 0.1) is 0 Å². The molecule has 4 nitrogen and oxygen atoms in total. The van der Waals surface area contributed by atoms with Crippen molar-refractivity contribution in [2.45, 2.75) is 24.5 Å². The highest BCUT2D eigenvalue weighted by Crippen LogP contribution is 2.21. The van der Waals surface area contributed by atoms with Crippen LogP contribution in [0.25, 0.3) is 0 Å². The van der Waals surface area contributed by atoms with Gasteiger partial charge in [-0.05, 0) is 12.8 Å². The number of carbonyl (C=O) groups is 2. The molecule has 1 fully saturated rings. The van der Waals surface area contributed by atoms with Crippen LogP contribution in [0.4, 0.5) is 0 Å². The molecule has 1 rings (SSSR count). The predicted octanol–water partition coefficient (Wildman–Crippen LogP) is 0.326. The molecule has 1 heterocycles. The van der Waals surface area contributed by atoms with Gasteiger partial charge in [-0.2, -0.15) is 0 Å². The van der Waals surface area contributed by atoms with Crippen molar-refractivity contribution in [1.29, 1.82) is 0 Å². The molecule has 1 saturated heterocycles. The van der Waals surface area contributed by atoms with E-state index < -0.39 is 17.2 Å². The van der Waals surface area contributed by atoms with E-state index in [0.29, 0.717) is 0 Å². The van der Waals surface area contributed by atoms with E-state index in [-0.39, 0.29) is 17.3 Å². The van der Waals surface area contributed by atoms with E-state index in [1.165, 1.54) is 0 Å². The first-order valence-electron chi connectivity index (χ1n) is 4.22. The molecule has 0 bridgehead atoms. The smallest absolute Gasteiger partial charge is 0.357 e. The Bertz CT molecular complexity index is 210. The summed E-state index contributed by atoms with van der Waals surface area (Å²) in [4.78, 5) is 21.2. The molecule has 1 aliphatic heterocycles. The number of rotatable bonds is 4. The minimum Gasteiger partial charge on any atom is -0.481 e. The zero-order valence-electron chi connectivity index (χ0n) is 7.23. The van der Waals surface area contributed by atoms with Crippen LogP contribution in [0.3, 0.4) is 0 Å². The van der Waals surface area contributed by atoms with Crippen molar-refractivity contribution >= 4 is 22.8 Å². The third kappa shape index (κ3) is 2.91. The van der Waals surface area contributed by atoms with Gasteiger partial charge in [-0.15, -0.1) is 0 Å². The van der Waals surface area contributed by atoms with Crippen molar-refractivity contribution in [3.8, 4) is 0 Å². The topological polar surface area (TPSA) is 74.6 Å². The van der Waals surface area contributed by atoms with Crippen LogP contribution in [0.15, 0.2) is 0 Å². The number of aliphatic carboxylic acids is 2. The third-order valence-electron chi connectivity index (χ3n) is 2.10. The molecule has 5 heteroatoms. The fourth-order valence-electron chi connectivity index (χ4n) is 1.47. The first-order valence-corrected chi connectivity index (χ1v) is 5.85. The lowest BCUT2D eigenvalue weighted by Crippen LogP contribution is -2.33. The van der Waals surface area contributed by atoms with E-state index in [0.717, 1.165) is 24.3 Å². The molecular weight excluding hydrogens is 192 g/mol. The third-order valence-corrected chi connectivity index (χ3v) is 4.90. The maximum atomic E-state index is 10.8. The first-order chi connectivity index (χ1) is 6.11. The monoisotopic (exact) mass is 205 g/mol. The van der Waals surface area contributed by atoms with Crippen molar-refractivity contribution in [2.75, 3.05) is 11.5 Å². The van der Waals surface area contributed by atoms with Crippen molar-refractivity contribution in [2.24, 2.45) is 0 Å². The zero-order chi connectivity index (χ0) is 9.84. The van der Waals surface area contributed by atoms with Gasteiger partial charge in [-0.1, -0.05) is 0 Å². The highest BCUT2D eigenvalue weighted by molar-refractivity contribution is 7.98. The lowest BCUT2D eigenvalue weighted by Gasteiger charge is -2.08. The summed E-state index contributed by atoms with van der Waals surface area (Å²) in [7, 11) is -0.196. The summed E-state index contributed by atoms with van der Waals surface area (Å²) >= 11 is 0. The first kappa shape index (κ1) is 10.4. The number of carboxylic acid groups (broad SMARTS) is 2. The molecule has 0 aromatic rings.